The molecule has 0 spiro atoms. The summed E-state index contributed by atoms with van der Waals surface area (Å²) in [7, 11) is 0. The minimum Gasteiger partial charge on any atom is -0.328 e. The molecule has 1 nitrogen and oxygen atoms in total. The van der Waals surface area contributed by atoms with Crippen molar-refractivity contribution in [3.05, 3.63) is 59.7 Å². The minimum atomic E-state index is 0.211. The van der Waals surface area contributed by atoms with Crippen LogP contribution in [0.4, 0.5) is 0 Å². The van der Waals surface area contributed by atoms with E-state index in [9.17, 15) is 0 Å². The minimum absolute atomic E-state index is 0.211. The van der Waals surface area contributed by atoms with E-state index in [4.69, 9.17) is 5.73 Å². The van der Waals surface area contributed by atoms with E-state index in [1.54, 1.807) is 0 Å². The molecule has 2 aromatic rings. The molecule has 2 N–H and O–H groups in total. The molecule has 2 rings (SSSR count). The van der Waals surface area contributed by atoms with Gasteiger partial charge in [-0.15, -0.1) is 0 Å². The topological polar surface area (TPSA) is 26.0 Å². The van der Waals surface area contributed by atoms with Crippen molar-refractivity contribution in [1.29, 1.82) is 0 Å². The first kappa shape index (κ1) is 11.9. The largest absolute Gasteiger partial charge is 0.328 e. The van der Waals surface area contributed by atoms with Crippen LogP contribution in [0.25, 0.3) is 11.1 Å². The van der Waals surface area contributed by atoms with E-state index in [1.807, 2.05) is 6.92 Å². The number of benzene rings is 2. The summed E-state index contributed by atoms with van der Waals surface area (Å²) in [5, 5.41) is 0. The fourth-order valence-corrected chi connectivity index (χ4v) is 2.07. The maximum absolute atomic E-state index is 5.84. The lowest BCUT2D eigenvalue weighted by Gasteiger charge is -2.08. The van der Waals surface area contributed by atoms with Crippen LogP contribution >= 0.6 is 0 Å². The van der Waals surface area contributed by atoms with E-state index in [-0.39, 0.29) is 6.04 Å². The van der Waals surface area contributed by atoms with Crippen molar-refractivity contribution < 1.29 is 0 Å². The summed E-state index contributed by atoms with van der Waals surface area (Å²) in [6, 6.07) is 17.4. The summed E-state index contributed by atoms with van der Waals surface area (Å²) in [5.41, 5.74) is 11.0. The summed E-state index contributed by atoms with van der Waals surface area (Å²) < 4.78 is 0. The van der Waals surface area contributed by atoms with Gasteiger partial charge in [0.1, 0.15) is 0 Å². The quantitative estimate of drug-likeness (QED) is 0.849. The molecule has 0 fully saturated rings. The maximum Gasteiger partial charge on any atom is 0.00509 e. The number of aryl methyl sites for hydroxylation is 1. The fraction of sp³-hybridized carbons (Fsp3) is 0.250. The van der Waals surface area contributed by atoms with Crippen molar-refractivity contribution in [3.8, 4) is 11.1 Å². The first-order valence-electron chi connectivity index (χ1n) is 6.07. The molecule has 0 aliphatic carbocycles. The fourth-order valence-electron chi connectivity index (χ4n) is 2.07. The highest BCUT2D eigenvalue weighted by Crippen LogP contribution is 2.21. The number of nitrogens with two attached hydrogens (primary N) is 1. The molecule has 17 heavy (non-hydrogen) atoms. The van der Waals surface area contributed by atoms with Gasteiger partial charge in [-0.3, -0.25) is 0 Å². The Kier molecular flexibility index (Phi) is 3.60. The van der Waals surface area contributed by atoms with Gasteiger partial charge >= 0.3 is 0 Å². The van der Waals surface area contributed by atoms with E-state index in [2.05, 4.69) is 55.5 Å². The Morgan fingerprint density at radius 2 is 1.65 bits per heavy atom. The highest BCUT2D eigenvalue weighted by atomic mass is 14.6. The second-order valence-electron chi connectivity index (χ2n) is 4.75. The Morgan fingerprint density at radius 3 is 2.29 bits per heavy atom. The SMILES string of the molecule is Cc1cccc(-c2cccc(CC(C)N)c2)c1. The molecule has 0 bridgehead atoms. The third kappa shape index (κ3) is 3.18. The van der Waals surface area contributed by atoms with Crippen molar-refractivity contribution in [2.75, 3.05) is 0 Å². The van der Waals surface area contributed by atoms with Crippen LogP contribution in [0.15, 0.2) is 48.5 Å². The van der Waals surface area contributed by atoms with Crippen LogP contribution in [0.1, 0.15) is 18.1 Å². The van der Waals surface area contributed by atoms with Crippen molar-refractivity contribution in [2.45, 2.75) is 26.3 Å². The molecular formula is C16H19N. The van der Waals surface area contributed by atoms with Crippen molar-refractivity contribution in [2.24, 2.45) is 5.73 Å². The van der Waals surface area contributed by atoms with Crippen LogP contribution < -0.4 is 5.73 Å². The van der Waals surface area contributed by atoms with Gasteiger partial charge in [0.05, 0.1) is 0 Å². The Hall–Kier alpha value is -1.60. The molecule has 0 radical (unpaired) electrons. The Labute approximate surface area is 103 Å². The standard InChI is InChI=1S/C16H19N/c1-12-5-3-7-15(9-12)16-8-4-6-14(11-16)10-13(2)17/h3-9,11,13H,10,17H2,1-2H3. The lowest BCUT2D eigenvalue weighted by molar-refractivity contribution is 0.738. The molecule has 0 heterocycles. The molecule has 0 saturated heterocycles. The predicted octanol–water partition coefficient (Wildman–Crippen LogP) is 3.55. The molecule has 0 aliphatic rings. The Bertz CT molecular complexity index is 500. The molecule has 0 aromatic heterocycles. The molecule has 1 atom stereocenters. The third-order valence-corrected chi connectivity index (χ3v) is 2.84. The van der Waals surface area contributed by atoms with Crippen molar-refractivity contribution in [1.82, 2.24) is 0 Å². The normalized spacial score (nSPS) is 12.4. The third-order valence-electron chi connectivity index (χ3n) is 2.84. The van der Waals surface area contributed by atoms with Gasteiger partial charge in [0, 0.05) is 6.04 Å². The first-order valence-corrected chi connectivity index (χ1v) is 6.07. The molecule has 1 unspecified atom stereocenters. The van der Waals surface area contributed by atoms with E-state index in [0.29, 0.717) is 0 Å². The van der Waals surface area contributed by atoms with Gasteiger partial charge in [-0.1, -0.05) is 54.1 Å². The van der Waals surface area contributed by atoms with E-state index in [1.165, 1.54) is 22.3 Å². The molecule has 0 amide bonds. The molecule has 88 valence electrons. The van der Waals surface area contributed by atoms with Gasteiger partial charge in [0.2, 0.25) is 0 Å². The number of hydrogen-bond donors (Lipinski definition) is 1. The molecule has 0 saturated carbocycles. The molecule has 1 heteroatoms. The van der Waals surface area contributed by atoms with Crippen LogP contribution in [0.5, 0.6) is 0 Å². The zero-order valence-electron chi connectivity index (χ0n) is 10.5. The predicted molar refractivity (Wildman–Crippen MR) is 74.0 cm³/mol. The van der Waals surface area contributed by atoms with Gasteiger partial charge in [-0.2, -0.15) is 0 Å². The highest BCUT2D eigenvalue weighted by molar-refractivity contribution is 5.64. The van der Waals surface area contributed by atoms with Crippen molar-refractivity contribution >= 4 is 0 Å². The van der Waals surface area contributed by atoms with E-state index >= 15 is 0 Å². The highest BCUT2D eigenvalue weighted by Gasteiger charge is 2.01. The van der Waals surface area contributed by atoms with Crippen LogP contribution in [-0.4, -0.2) is 6.04 Å². The van der Waals surface area contributed by atoms with Gasteiger partial charge in [0.25, 0.3) is 0 Å². The molecule has 2 aromatic carbocycles. The smallest absolute Gasteiger partial charge is 0.00509 e. The second-order valence-corrected chi connectivity index (χ2v) is 4.75. The summed E-state index contributed by atoms with van der Waals surface area (Å²) in [6.45, 7) is 4.16. The van der Waals surface area contributed by atoms with E-state index < -0.39 is 0 Å². The van der Waals surface area contributed by atoms with Crippen LogP contribution in [0.3, 0.4) is 0 Å². The zero-order chi connectivity index (χ0) is 12.3. The lowest BCUT2D eigenvalue weighted by Crippen LogP contribution is -2.17. The summed E-state index contributed by atoms with van der Waals surface area (Å²) in [5.74, 6) is 0. The van der Waals surface area contributed by atoms with Crippen LogP contribution in [0.2, 0.25) is 0 Å². The Morgan fingerprint density at radius 1 is 1.00 bits per heavy atom. The maximum atomic E-state index is 5.84. The lowest BCUT2D eigenvalue weighted by atomic mass is 9.99. The first-order chi connectivity index (χ1) is 8.15. The average molecular weight is 225 g/mol. The summed E-state index contributed by atoms with van der Waals surface area (Å²) in [6.07, 6.45) is 0.930. The van der Waals surface area contributed by atoms with Crippen molar-refractivity contribution in [3.63, 3.8) is 0 Å². The monoisotopic (exact) mass is 225 g/mol. The van der Waals surface area contributed by atoms with Gasteiger partial charge < -0.3 is 5.73 Å². The Balaban J connectivity index is 2.33. The van der Waals surface area contributed by atoms with Gasteiger partial charge in [-0.05, 0) is 37.0 Å². The number of rotatable bonds is 3. The molecular weight excluding hydrogens is 206 g/mol. The van der Waals surface area contributed by atoms with Crippen LogP contribution in [-0.2, 0) is 6.42 Å². The summed E-state index contributed by atoms with van der Waals surface area (Å²) >= 11 is 0. The van der Waals surface area contributed by atoms with Gasteiger partial charge in [-0.25, -0.2) is 0 Å². The average Bonchev–Trinajstić information content (AvgIpc) is 2.28. The summed E-state index contributed by atoms with van der Waals surface area (Å²) in [4.78, 5) is 0. The number of hydrogen-bond acceptors (Lipinski definition) is 1. The zero-order valence-corrected chi connectivity index (χ0v) is 10.5. The van der Waals surface area contributed by atoms with Crippen LogP contribution in [0, 0.1) is 6.92 Å². The van der Waals surface area contributed by atoms with Gasteiger partial charge in [0.15, 0.2) is 0 Å². The second kappa shape index (κ2) is 5.15. The molecule has 0 aliphatic heterocycles. The van der Waals surface area contributed by atoms with E-state index in [0.717, 1.165) is 6.42 Å².